The van der Waals surface area contributed by atoms with Crippen molar-refractivity contribution < 1.29 is 9.59 Å². The Kier molecular flexibility index (Phi) is 4.15. The summed E-state index contributed by atoms with van der Waals surface area (Å²) in [5, 5.41) is 2.88. The minimum atomic E-state index is -0.316. The highest BCUT2D eigenvalue weighted by molar-refractivity contribution is 6.03. The molecule has 1 aliphatic heterocycles. The first-order valence-electron chi connectivity index (χ1n) is 7.77. The van der Waals surface area contributed by atoms with Crippen molar-refractivity contribution in [1.29, 1.82) is 0 Å². The summed E-state index contributed by atoms with van der Waals surface area (Å²) in [4.78, 5) is 26.4. The summed E-state index contributed by atoms with van der Waals surface area (Å²) in [7, 11) is 0. The van der Waals surface area contributed by atoms with Crippen LogP contribution in [0.15, 0.2) is 48.5 Å². The summed E-state index contributed by atoms with van der Waals surface area (Å²) in [6.45, 7) is 4.45. The number of nitrogens with one attached hydrogen (secondary N) is 1. The summed E-state index contributed by atoms with van der Waals surface area (Å²) in [6, 6.07) is 15.4. The van der Waals surface area contributed by atoms with E-state index in [2.05, 4.69) is 11.4 Å². The van der Waals surface area contributed by atoms with Crippen LogP contribution in [0.25, 0.3) is 0 Å². The molecule has 2 aromatic rings. The van der Waals surface area contributed by atoms with E-state index in [-0.39, 0.29) is 24.2 Å². The monoisotopic (exact) mass is 308 g/mol. The fraction of sp³-hybridized carbons (Fsp3) is 0.263. The highest BCUT2D eigenvalue weighted by Crippen LogP contribution is 2.27. The fourth-order valence-electron chi connectivity index (χ4n) is 3.01. The minimum Gasteiger partial charge on any atom is -0.326 e. The molecular weight excluding hydrogens is 288 g/mol. The van der Waals surface area contributed by atoms with Gasteiger partial charge in [0.25, 0.3) is 0 Å². The molecule has 23 heavy (non-hydrogen) atoms. The van der Waals surface area contributed by atoms with Crippen LogP contribution in [0.2, 0.25) is 0 Å². The third-order valence-electron chi connectivity index (χ3n) is 4.06. The topological polar surface area (TPSA) is 49.4 Å². The third-order valence-corrected chi connectivity index (χ3v) is 4.06. The zero-order chi connectivity index (χ0) is 16.4. The molecule has 1 saturated heterocycles. The van der Waals surface area contributed by atoms with E-state index in [4.69, 9.17) is 0 Å². The molecule has 2 aromatic carbocycles. The Morgan fingerprint density at radius 1 is 1.09 bits per heavy atom. The average molecular weight is 308 g/mol. The van der Waals surface area contributed by atoms with Gasteiger partial charge >= 0.3 is 0 Å². The van der Waals surface area contributed by atoms with E-state index < -0.39 is 0 Å². The van der Waals surface area contributed by atoms with E-state index in [1.165, 1.54) is 0 Å². The van der Waals surface area contributed by atoms with Crippen molar-refractivity contribution in [3.05, 3.63) is 59.7 Å². The summed E-state index contributed by atoms with van der Waals surface area (Å²) >= 11 is 0. The summed E-state index contributed by atoms with van der Waals surface area (Å²) in [6.07, 6.45) is 0.256. The van der Waals surface area contributed by atoms with Gasteiger partial charge in [0.2, 0.25) is 11.8 Å². The highest BCUT2D eigenvalue weighted by Gasteiger charge is 2.35. The van der Waals surface area contributed by atoms with Crippen molar-refractivity contribution in [3.63, 3.8) is 0 Å². The van der Waals surface area contributed by atoms with Gasteiger partial charge in [-0.25, -0.2) is 0 Å². The van der Waals surface area contributed by atoms with Crippen molar-refractivity contribution in [2.75, 3.05) is 16.8 Å². The van der Waals surface area contributed by atoms with Gasteiger partial charge in [0.1, 0.15) is 0 Å². The summed E-state index contributed by atoms with van der Waals surface area (Å²) in [5.74, 6) is -0.414. The van der Waals surface area contributed by atoms with Crippen LogP contribution in [-0.2, 0) is 9.59 Å². The molecule has 0 bridgehead atoms. The Morgan fingerprint density at radius 2 is 1.74 bits per heavy atom. The predicted molar refractivity (Wildman–Crippen MR) is 91.4 cm³/mol. The zero-order valence-corrected chi connectivity index (χ0v) is 13.4. The number of anilines is 2. The molecule has 0 aliphatic carbocycles. The first-order chi connectivity index (χ1) is 11.0. The molecule has 2 amide bonds. The first-order valence-corrected chi connectivity index (χ1v) is 7.77. The maximum absolute atomic E-state index is 12.4. The van der Waals surface area contributed by atoms with Crippen molar-refractivity contribution in [1.82, 2.24) is 0 Å². The summed E-state index contributed by atoms with van der Waals surface area (Å²) in [5.41, 5.74) is 3.87. The van der Waals surface area contributed by atoms with Crippen LogP contribution in [0.4, 0.5) is 11.4 Å². The highest BCUT2D eigenvalue weighted by atomic mass is 16.2. The van der Waals surface area contributed by atoms with E-state index in [9.17, 15) is 9.59 Å². The van der Waals surface area contributed by atoms with Crippen molar-refractivity contribution in [2.24, 2.45) is 5.92 Å². The second-order valence-corrected chi connectivity index (χ2v) is 6.11. The number of carbonyl (C=O) groups excluding carboxylic acids is 2. The predicted octanol–water partition coefficient (Wildman–Crippen LogP) is 3.30. The Balaban J connectivity index is 1.73. The number of carbonyl (C=O) groups is 2. The number of benzene rings is 2. The van der Waals surface area contributed by atoms with Gasteiger partial charge in [-0.2, -0.15) is 0 Å². The SMILES string of the molecule is Cc1cc(C)cc(N2C[C@H](C(=O)Nc3ccccc3)CC2=O)c1. The van der Waals surface area contributed by atoms with Gasteiger partial charge in [0, 0.05) is 24.3 Å². The number of para-hydroxylation sites is 1. The molecule has 0 radical (unpaired) electrons. The summed E-state index contributed by atoms with van der Waals surface area (Å²) < 4.78 is 0. The molecule has 4 heteroatoms. The quantitative estimate of drug-likeness (QED) is 0.946. The number of nitrogens with zero attached hydrogens (tertiary/aromatic N) is 1. The molecule has 0 saturated carbocycles. The molecule has 4 nitrogen and oxygen atoms in total. The van der Waals surface area contributed by atoms with Crippen LogP contribution in [0.1, 0.15) is 17.5 Å². The maximum atomic E-state index is 12.4. The molecular formula is C19H20N2O2. The molecule has 1 atom stereocenters. The van der Waals surface area contributed by atoms with E-state index in [0.29, 0.717) is 6.54 Å². The molecule has 0 unspecified atom stereocenters. The smallest absolute Gasteiger partial charge is 0.229 e. The van der Waals surface area contributed by atoms with Gasteiger partial charge in [0.15, 0.2) is 0 Å². The lowest BCUT2D eigenvalue weighted by Crippen LogP contribution is -2.28. The molecule has 1 fully saturated rings. The lowest BCUT2D eigenvalue weighted by Gasteiger charge is -2.18. The van der Waals surface area contributed by atoms with E-state index in [1.807, 2.05) is 56.3 Å². The fourth-order valence-corrected chi connectivity index (χ4v) is 3.01. The first kappa shape index (κ1) is 15.3. The number of aryl methyl sites for hydroxylation is 2. The van der Waals surface area contributed by atoms with Crippen molar-refractivity contribution in [2.45, 2.75) is 20.3 Å². The van der Waals surface area contributed by atoms with Gasteiger partial charge < -0.3 is 10.2 Å². The standard InChI is InChI=1S/C19H20N2O2/c1-13-8-14(2)10-17(9-13)21-12-15(11-18(21)22)19(23)20-16-6-4-3-5-7-16/h3-10,15H,11-12H2,1-2H3,(H,20,23)/t15-/m1/s1. The lowest BCUT2D eigenvalue weighted by atomic mass is 10.1. The average Bonchev–Trinajstić information content (AvgIpc) is 2.89. The van der Waals surface area contributed by atoms with Crippen LogP contribution in [-0.4, -0.2) is 18.4 Å². The van der Waals surface area contributed by atoms with E-state index >= 15 is 0 Å². The lowest BCUT2D eigenvalue weighted by molar-refractivity contribution is -0.122. The number of hydrogen-bond acceptors (Lipinski definition) is 2. The van der Waals surface area contributed by atoms with Crippen LogP contribution in [0.3, 0.4) is 0 Å². The Bertz CT molecular complexity index is 720. The largest absolute Gasteiger partial charge is 0.326 e. The van der Waals surface area contributed by atoms with Gasteiger partial charge in [0.05, 0.1) is 5.92 Å². The Morgan fingerprint density at radius 3 is 2.39 bits per heavy atom. The number of hydrogen-bond donors (Lipinski definition) is 1. The Hall–Kier alpha value is -2.62. The molecule has 0 aromatic heterocycles. The number of rotatable bonds is 3. The normalized spacial score (nSPS) is 17.4. The number of amides is 2. The van der Waals surface area contributed by atoms with Crippen LogP contribution >= 0.6 is 0 Å². The molecule has 1 aliphatic rings. The van der Waals surface area contributed by atoms with Gasteiger partial charge in [-0.1, -0.05) is 24.3 Å². The minimum absolute atomic E-state index is 0.00297. The van der Waals surface area contributed by atoms with E-state index in [1.54, 1.807) is 4.90 Å². The van der Waals surface area contributed by atoms with Gasteiger partial charge in [-0.15, -0.1) is 0 Å². The molecule has 1 N–H and O–H groups in total. The second-order valence-electron chi connectivity index (χ2n) is 6.11. The maximum Gasteiger partial charge on any atom is 0.229 e. The van der Waals surface area contributed by atoms with Gasteiger partial charge in [-0.05, 0) is 49.2 Å². The van der Waals surface area contributed by atoms with E-state index in [0.717, 1.165) is 22.5 Å². The second kappa shape index (κ2) is 6.24. The van der Waals surface area contributed by atoms with Crippen LogP contribution in [0, 0.1) is 19.8 Å². The molecule has 118 valence electrons. The third kappa shape index (κ3) is 3.42. The Labute approximate surface area is 136 Å². The zero-order valence-electron chi connectivity index (χ0n) is 13.4. The molecule has 3 rings (SSSR count). The van der Waals surface area contributed by atoms with Crippen molar-refractivity contribution >= 4 is 23.2 Å². The van der Waals surface area contributed by atoms with Crippen LogP contribution < -0.4 is 10.2 Å². The van der Waals surface area contributed by atoms with Crippen LogP contribution in [0.5, 0.6) is 0 Å². The molecule has 0 spiro atoms. The van der Waals surface area contributed by atoms with Gasteiger partial charge in [-0.3, -0.25) is 9.59 Å². The van der Waals surface area contributed by atoms with Crippen molar-refractivity contribution in [3.8, 4) is 0 Å². The molecule has 1 heterocycles.